The molecule has 6 rings (SSSR count). The molecule has 7 nitrogen and oxygen atoms in total. The Hall–Kier alpha value is -3.92. The highest BCUT2D eigenvalue weighted by molar-refractivity contribution is 8.00. The molecule has 206 valence electrons. The second-order valence-electron chi connectivity index (χ2n) is 9.87. The first-order valence-corrected chi connectivity index (χ1v) is 15.1. The van der Waals surface area contributed by atoms with Crippen LogP contribution in [-0.2, 0) is 10.5 Å². The Balaban J connectivity index is 1.37. The number of aromatic nitrogens is 2. The van der Waals surface area contributed by atoms with E-state index in [9.17, 15) is 14.7 Å². The summed E-state index contributed by atoms with van der Waals surface area (Å²) in [6, 6.07) is 23.2. The van der Waals surface area contributed by atoms with E-state index in [0.717, 1.165) is 16.5 Å². The smallest absolute Gasteiger partial charge is 0.296 e. The van der Waals surface area contributed by atoms with Gasteiger partial charge in [-0.25, -0.2) is 0 Å². The van der Waals surface area contributed by atoms with Gasteiger partial charge in [-0.15, -0.1) is 10.2 Å². The Labute approximate surface area is 249 Å². The van der Waals surface area contributed by atoms with Gasteiger partial charge in [-0.2, -0.15) is 0 Å². The van der Waals surface area contributed by atoms with Gasteiger partial charge >= 0.3 is 0 Å². The van der Waals surface area contributed by atoms with Crippen LogP contribution in [0.4, 0.5) is 5.13 Å². The zero-order valence-corrected chi connectivity index (χ0v) is 24.5. The van der Waals surface area contributed by atoms with Gasteiger partial charge in [0.15, 0.2) is 15.9 Å². The first-order chi connectivity index (χ1) is 19.8. The highest BCUT2D eigenvalue weighted by Crippen LogP contribution is 2.44. The summed E-state index contributed by atoms with van der Waals surface area (Å²) in [7, 11) is 0. The van der Waals surface area contributed by atoms with Gasteiger partial charge in [0.2, 0.25) is 10.9 Å². The minimum Gasteiger partial charge on any atom is -0.503 e. The molecule has 0 bridgehead atoms. The SMILES string of the molecule is CC(C)c1ccc([C@@H]2C(C(=O)c3cc4ccccc4o3)=C(O)C(=O)N2c2nnc(SCc3ccccc3Cl)s2)cc1. The lowest BCUT2D eigenvalue weighted by atomic mass is 9.93. The lowest BCUT2D eigenvalue weighted by Gasteiger charge is -2.24. The molecule has 0 spiro atoms. The van der Waals surface area contributed by atoms with Gasteiger partial charge in [0.25, 0.3) is 5.91 Å². The number of carbonyl (C=O) groups is 2. The number of benzene rings is 3. The predicted octanol–water partition coefficient (Wildman–Crippen LogP) is 8.14. The normalized spacial score (nSPS) is 15.5. The van der Waals surface area contributed by atoms with Crippen LogP contribution in [0.25, 0.3) is 11.0 Å². The molecule has 0 saturated carbocycles. The van der Waals surface area contributed by atoms with E-state index in [1.54, 1.807) is 12.1 Å². The number of Topliss-reactive ketones (excluding diaryl/α,β-unsaturated/α-hetero) is 1. The molecule has 1 amide bonds. The number of rotatable bonds is 8. The Morgan fingerprint density at radius 1 is 1.07 bits per heavy atom. The van der Waals surface area contributed by atoms with Gasteiger partial charge in [0, 0.05) is 16.2 Å². The van der Waals surface area contributed by atoms with E-state index in [-0.39, 0.29) is 16.5 Å². The standard InChI is InChI=1S/C31H24ClN3O4S2/c1-17(2)18-11-13-19(14-12-18)26-25(27(36)24-15-20-7-4-6-10-23(20)39-24)28(37)29(38)35(26)30-33-34-31(41-30)40-16-21-8-3-5-9-22(21)32/h3-15,17,26,37H,16H2,1-2H3/t26-/m1/s1. The number of carbonyl (C=O) groups excluding carboxylic acids is 2. The van der Waals surface area contributed by atoms with Crippen LogP contribution in [0.5, 0.6) is 0 Å². The molecular formula is C31H24ClN3O4S2. The quantitative estimate of drug-likeness (QED) is 0.109. The van der Waals surface area contributed by atoms with Crippen molar-refractivity contribution in [3.05, 3.63) is 118 Å². The number of fused-ring (bicyclic) bond motifs is 1. The monoisotopic (exact) mass is 601 g/mol. The molecule has 0 saturated heterocycles. The van der Waals surface area contributed by atoms with Crippen molar-refractivity contribution in [1.82, 2.24) is 10.2 Å². The summed E-state index contributed by atoms with van der Waals surface area (Å²) in [6.45, 7) is 4.18. The number of para-hydroxylation sites is 1. The van der Waals surface area contributed by atoms with Crippen LogP contribution in [0.2, 0.25) is 5.02 Å². The lowest BCUT2D eigenvalue weighted by molar-refractivity contribution is -0.117. The second kappa shape index (κ2) is 11.2. The number of halogens is 1. The minimum atomic E-state index is -0.918. The maximum absolute atomic E-state index is 13.9. The third kappa shape index (κ3) is 5.16. The number of amides is 1. The molecule has 1 aliphatic rings. The fourth-order valence-electron chi connectivity index (χ4n) is 4.75. The molecule has 1 aliphatic heterocycles. The molecule has 2 aromatic heterocycles. The summed E-state index contributed by atoms with van der Waals surface area (Å²) in [5.74, 6) is -1.01. The van der Waals surface area contributed by atoms with Crippen molar-refractivity contribution in [2.24, 2.45) is 0 Å². The zero-order chi connectivity index (χ0) is 28.7. The van der Waals surface area contributed by atoms with Crippen LogP contribution in [0, 0.1) is 0 Å². The summed E-state index contributed by atoms with van der Waals surface area (Å²) in [5, 5.41) is 21.4. The van der Waals surface area contributed by atoms with Crippen molar-refractivity contribution in [1.29, 1.82) is 0 Å². The van der Waals surface area contributed by atoms with Crippen LogP contribution >= 0.6 is 34.7 Å². The molecule has 0 aliphatic carbocycles. The summed E-state index contributed by atoms with van der Waals surface area (Å²) in [5.41, 5.74) is 3.20. The van der Waals surface area contributed by atoms with Gasteiger partial charge in [0.05, 0.1) is 11.6 Å². The maximum Gasteiger partial charge on any atom is 0.296 e. The van der Waals surface area contributed by atoms with Gasteiger partial charge < -0.3 is 9.52 Å². The van der Waals surface area contributed by atoms with Crippen LogP contribution in [-0.4, -0.2) is 27.0 Å². The van der Waals surface area contributed by atoms with E-state index in [0.29, 0.717) is 32.2 Å². The van der Waals surface area contributed by atoms with Crippen molar-refractivity contribution in [2.75, 3.05) is 4.90 Å². The molecule has 1 atom stereocenters. The van der Waals surface area contributed by atoms with Crippen molar-refractivity contribution < 1.29 is 19.1 Å². The average Bonchev–Trinajstić information content (AvgIpc) is 3.69. The maximum atomic E-state index is 13.9. The second-order valence-corrected chi connectivity index (χ2v) is 12.5. The number of aliphatic hydroxyl groups is 1. The highest BCUT2D eigenvalue weighted by Gasteiger charge is 2.46. The Kier molecular flexibility index (Phi) is 7.42. The van der Waals surface area contributed by atoms with Crippen LogP contribution in [0.3, 0.4) is 0 Å². The number of furan rings is 1. The topological polar surface area (TPSA) is 96.5 Å². The lowest BCUT2D eigenvalue weighted by Crippen LogP contribution is -2.31. The van der Waals surface area contributed by atoms with Crippen LogP contribution < -0.4 is 4.90 Å². The summed E-state index contributed by atoms with van der Waals surface area (Å²) < 4.78 is 6.45. The third-order valence-corrected chi connectivity index (χ3v) is 9.41. The van der Waals surface area contributed by atoms with Gasteiger partial charge in [0.1, 0.15) is 5.58 Å². The van der Waals surface area contributed by atoms with Gasteiger partial charge in [-0.05, 0) is 40.8 Å². The van der Waals surface area contributed by atoms with E-state index in [1.165, 1.54) is 28.0 Å². The molecular weight excluding hydrogens is 578 g/mol. The number of thioether (sulfide) groups is 1. The molecule has 0 fully saturated rings. The molecule has 3 heterocycles. The Morgan fingerprint density at radius 3 is 2.54 bits per heavy atom. The zero-order valence-electron chi connectivity index (χ0n) is 22.1. The van der Waals surface area contributed by atoms with Crippen LogP contribution in [0.15, 0.2) is 99.0 Å². The minimum absolute atomic E-state index is 0.0412. The molecule has 41 heavy (non-hydrogen) atoms. The molecule has 1 N–H and O–H groups in total. The number of aliphatic hydroxyl groups excluding tert-OH is 1. The van der Waals surface area contributed by atoms with E-state index in [2.05, 4.69) is 24.0 Å². The first-order valence-electron chi connectivity index (χ1n) is 12.9. The fourth-order valence-corrected chi connectivity index (χ4v) is 6.91. The Bertz CT molecular complexity index is 1780. The summed E-state index contributed by atoms with van der Waals surface area (Å²) in [4.78, 5) is 28.8. The fraction of sp³-hybridized carbons (Fsp3) is 0.161. The van der Waals surface area contributed by atoms with Crippen molar-refractivity contribution in [3.63, 3.8) is 0 Å². The van der Waals surface area contributed by atoms with Crippen molar-refractivity contribution in [2.45, 2.75) is 35.9 Å². The molecule has 0 unspecified atom stereocenters. The predicted molar refractivity (Wildman–Crippen MR) is 162 cm³/mol. The van der Waals surface area contributed by atoms with Crippen molar-refractivity contribution >= 4 is 62.5 Å². The summed E-state index contributed by atoms with van der Waals surface area (Å²) >= 11 is 8.96. The number of hydrogen-bond acceptors (Lipinski definition) is 8. The average molecular weight is 602 g/mol. The first kappa shape index (κ1) is 27.3. The van der Waals surface area contributed by atoms with Gasteiger partial charge in [-0.1, -0.05) is 109 Å². The number of ketones is 1. The number of nitrogens with zero attached hydrogens (tertiary/aromatic N) is 3. The highest BCUT2D eigenvalue weighted by atomic mass is 35.5. The molecule has 0 radical (unpaired) electrons. The van der Waals surface area contributed by atoms with E-state index >= 15 is 0 Å². The Morgan fingerprint density at radius 2 is 1.80 bits per heavy atom. The molecule has 3 aromatic carbocycles. The van der Waals surface area contributed by atoms with E-state index in [4.69, 9.17) is 16.0 Å². The van der Waals surface area contributed by atoms with Gasteiger partial charge in [-0.3, -0.25) is 14.5 Å². The van der Waals surface area contributed by atoms with Crippen LogP contribution in [0.1, 0.15) is 53.1 Å². The number of hydrogen-bond donors (Lipinski definition) is 1. The summed E-state index contributed by atoms with van der Waals surface area (Å²) in [6.07, 6.45) is 0. The molecule has 10 heteroatoms. The van der Waals surface area contributed by atoms with E-state index < -0.39 is 23.5 Å². The largest absolute Gasteiger partial charge is 0.503 e. The molecule has 5 aromatic rings. The third-order valence-electron chi connectivity index (χ3n) is 6.93. The van der Waals surface area contributed by atoms with E-state index in [1.807, 2.05) is 66.7 Å². The van der Waals surface area contributed by atoms with Crippen molar-refractivity contribution in [3.8, 4) is 0 Å². The number of anilines is 1.